The van der Waals surface area contributed by atoms with Gasteiger partial charge in [-0.2, -0.15) is 9.40 Å². The lowest BCUT2D eigenvalue weighted by Crippen LogP contribution is -2.30. The highest BCUT2D eigenvalue weighted by Gasteiger charge is 2.31. The second-order valence-electron chi connectivity index (χ2n) is 3.99. The first-order chi connectivity index (χ1) is 9.21. The number of nitrogens with one attached hydrogen (secondary N) is 1. The number of aromatic nitrogens is 2. The molecule has 112 valence electrons. The minimum absolute atomic E-state index is 0.137. The summed E-state index contributed by atoms with van der Waals surface area (Å²) in [5.74, 6) is -1.96. The van der Waals surface area contributed by atoms with Gasteiger partial charge < -0.3 is 9.84 Å². The van der Waals surface area contributed by atoms with Gasteiger partial charge in [0.1, 0.15) is 5.56 Å². The fourth-order valence-corrected chi connectivity index (χ4v) is 2.75. The van der Waals surface area contributed by atoms with Gasteiger partial charge >= 0.3 is 11.9 Å². The first-order valence-electron chi connectivity index (χ1n) is 5.53. The molecule has 0 aliphatic carbocycles. The maximum Gasteiger partial charge on any atom is 0.340 e. The summed E-state index contributed by atoms with van der Waals surface area (Å²) in [5.41, 5.74) is -0.271. The number of nitrogens with zero attached hydrogens (tertiary/aromatic N) is 2. The average Bonchev–Trinajstić information content (AvgIpc) is 2.77. The van der Waals surface area contributed by atoms with E-state index in [-0.39, 0.29) is 18.7 Å². The highest BCUT2D eigenvalue weighted by molar-refractivity contribution is 7.89. The molecular weight excluding hydrogens is 290 g/mol. The van der Waals surface area contributed by atoms with Gasteiger partial charge in [0.15, 0.2) is 0 Å². The number of methoxy groups -OCH3 is 1. The van der Waals surface area contributed by atoms with Crippen molar-refractivity contribution >= 4 is 22.0 Å². The zero-order chi connectivity index (χ0) is 15.5. The van der Waals surface area contributed by atoms with Crippen LogP contribution in [-0.4, -0.2) is 60.7 Å². The monoisotopic (exact) mass is 305 g/mol. The molecule has 0 aliphatic heterocycles. The van der Waals surface area contributed by atoms with E-state index in [2.05, 4.69) is 14.9 Å². The van der Waals surface area contributed by atoms with E-state index in [0.717, 1.165) is 4.31 Å². The molecule has 1 aromatic heterocycles. The lowest BCUT2D eigenvalue weighted by molar-refractivity contribution is -0.140. The number of H-pyrrole nitrogens is 1. The van der Waals surface area contributed by atoms with Crippen molar-refractivity contribution in [3.05, 3.63) is 11.3 Å². The minimum atomic E-state index is -4.10. The Morgan fingerprint density at radius 3 is 2.55 bits per heavy atom. The number of carboxylic acids is 1. The van der Waals surface area contributed by atoms with Crippen LogP contribution in [0.5, 0.6) is 0 Å². The molecule has 9 nitrogen and oxygen atoms in total. The van der Waals surface area contributed by atoms with E-state index in [9.17, 15) is 18.0 Å². The number of sulfonamides is 1. The number of carbonyl (C=O) groups excluding carboxylic acids is 1. The van der Waals surface area contributed by atoms with Crippen LogP contribution in [0.25, 0.3) is 0 Å². The highest BCUT2D eigenvalue weighted by atomic mass is 32.2. The van der Waals surface area contributed by atoms with Crippen molar-refractivity contribution in [2.75, 3.05) is 20.7 Å². The Balaban J connectivity index is 3.05. The number of hydrogen-bond acceptors (Lipinski definition) is 6. The summed E-state index contributed by atoms with van der Waals surface area (Å²) >= 11 is 0. The molecular formula is C10H15N3O6S. The summed E-state index contributed by atoms with van der Waals surface area (Å²) in [6.45, 7) is 1.27. The van der Waals surface area contributed by atoms with Gasteiger partial charge in [0, 0.05) is 19.3 Å². The molecule has 20 heavy (non-hydrogen) atoms. The van der Waals surface area contributed by atoms with E-state index in [1.54, 1.807) is 0 Å². The van der Waals surface area contributed by atoms with Gasteiger partial charge in [-0.3, -0.25) is 9.89 Å². The Morgan fingerprint density at radius 2 is 2.05 bits per heavy atom. The Hall–Kier alpha value is -1.94. The van der Waals surface area contributed by atoms with Crippen LogP contribution in [0.15, 0.2) is 5.03 Å². The van der Waals surface area contributed by atoms with Crippen LogP contribution in [-0.2, 0) is 19.6 Å². The van der Waals surface area contributed by atoms with Crippen molar-refractivity contribution in [1.82, 2.24) is 14.5 Å². The molecule has 0 aromatic carbocycles. The lowest BCUT2D eigenvalue weighted by atomic mass is 10.3. The Morgan fingerprint density at radius 1 is 1.45 bits per heavy atom. The normalized spacial score (nSPS) is 11.6. The van der Waals surface area contributed by atoms with Gasteiger partial charge in [-0.25, -0.2) is 13.2 Å². The number of esters is 1. The minimum Gasteiger partial charge on any atom is -0.478 e. The third-order valence-electron chi connectivity index (χ3n) is 2.64. The summed E-state index contributed by atoms with van der Waals surface area (Å²) in [6.07, 6.45) is -0.141. The van der Waals surface area contributed by atoms with Crippen molar-refractivity contribution in [2.45, 2.75) is 18.4 Å². The molecule has 0 spiro atoms. The Bertz CT molecular complexity index is 621. The van der Waals surface area contributed by atoms with Crippen molar-refractivity contribution in [3.63, 3.8) is 0 Å². The Labute approximate surface area is 115 Å². The molecule has 0 bridgehead atoms. The number of carbonyl (C=O) groups is 2. The number of aryl methyl sites for hydroxylation is 1. The number of carboxylic acid groups (broad SMARTS) is 1. The molecule has 0 amide bonds. The first kappa shape index (κ1) is 16.1. The third-order valence-corrected chi connectivity index (χ3v) is 4.43. The van der Waals surface area contributed by atoms with Crippen molar-refractivity contribution < 1.29 is 27.9 Å². The summed E-state index contributed by atoms with van der Waals surface area (Å²) in [5, 5.41) is 14.3. The molecule has 0 saturated carbocycles. The van der Waals surface area contributed by atoms with Gasteiger partial charge in [0.2, 0.25) is 5.03 Å². The quantitative estimate of drug-likeness (QED) is 0.684. The van der Waals surface area contributed by atoms with E-state index in [0.29, 0.717) is 0 Å². The fraction of sp³-hybridized carbons (Fsp3) is 0.500. The topological polar surface area (TPSA) is 130 Å². The second kappa shape index (κ2) is 6.01. The van der Waals surface area contributed by atoms with Crippen LogP contribution < -0.4 is 0 Å². The SMILES string of the molecule is COC(=O)CCN(C)S(=O)(=O)c1n[nH]c(C)c1C(=O)O. The van der Waals surface area contributed by atoms with Crippen molar-refractivity contribution in [3.8, 4) is 0 Å². The predicted molar refractivity (Wildman–Crippen MR) is 66.7 cm³/mol. The number of aromatic amines is 1. The van der Waals surface area contributed by atoms with Crippen LogP contribution >= 0.6 is 0 Å². The van der Waals surface area contributed by atoms with E-state index >= 15 is 0 Å². The van der Waals surface area contributed by atoms with E-state index in [1.807, 2.05) is 0 Å². The number of hydrogen-bond donors (Lipinski definition) is 2. The highest BCUT2D eigenvalue weighted by Crippen LogP contribution is 2.19. The maximum absolute atomic E-state index is 12.2. The molecule has 0 aliphatic rings. The zero-order valence-corrected chi connectivity index (χ0v) is 12.0. The second-order valence-corrected chi connectivity index (χ2v) is 5.95. The molecule has 0 unspecified atom stereocenters. The summed E-state index contributed by atoms with van der Waals surface area (Å²) < 4.78 is 29.7. The standard InChI is InChI=1S/C10H15N3O6S/c1-6-8(10(15)16)9(12-11-6)20(17,18)13(2)5-4-7(14)19-3/h4-5H2,1-3H3,(H,11,12)(H,15,16). The average molecular weight is 305 g/mol. The molecule has 0 atom stereocenters. The number of ether oxygens (including phenoxy) is 1. The molecule has 0 fully saturated rings. The molecule has 2 N–H and O–H groups in total. The molecule has 0 saturated heterocycles. The molecule has 0 radical (unpaired) electrons. The van der Waals surface area contributed by atoms with Crippen LogP contribution in [0.3, 0.4) is 0 Å². The van der Waals surface area contributed by atoms with Gasteiger partial charge in [0.25, 0.3) is 10.0 Å². The van der Waals surface area contributed by atoms with Gasteiger partial charge in [-0.05, 0) is 6.92 Å². The van der Waals surface area contributed by atoms with E-state index < -0.39 is 32.6 Å². The predicted octanol–water partition coefficient (Wildman–Crippen LogP) is -0.400. The number of rotatable bonds is 6. The summed E-state index contributed by atoms with van der Waals surface area (Å²) in [4.78, 5) is 22.1. The van der Waals surface area contributed by atoms with Gasteiger partial charge in [0.05, 0.1) is 13.5 Å². The molecule has 10 heteroatoms. The molecule has 1 heterocycles. The lowest BCUT2D eigenvalue weighted by Gasteiger charge is -2.15. The molecule has 1 aromatic rings. The Kier molecular flexibility index (Phi) is 4.84. The van der Waals surface area contributed by atoms with Crippen LogP contribution in [0.1, 0.15) is 22.5 Å². The van der Waals surface area contributed by atoms with Crippen LogP contribution in [0.2, 0.25) is 0 Å². The van der Waals surface area contributed by atoms with Gasteiger partial charge in [-0.1, -0.05) is 0 Å². The van der Waals surface area contributed by atoms with Crippen LogP contribution in [0, 0.1) is 6.92 Å². The number of aromatic carboxylic acids is 1. The fourth-order valence-electron chi connectivity index (χ4n) is 1.46. The van der Waals surface area contributed by atoms with Crippen molar-refractivity contribution in [2.24, 2.45) is 0 Å². The van der Waals surface area contributed by atoms with E-state index in [4.69, 9.17) is 5.11 Å². The van der Waals surface area contributed by atoms with Crippen LogP contribution in [0.4, 0.5) is 0 Å². The van der Waals surface area contributed by atoms with E-state index in [1.165, 1.54) is 21.1 Å². The van der Waals surface area contributed by atoms with Gasteiger partial charge in [-0.15, -0.1) is 0 Å². The maximum atomic E-state index is 12.2. The summed E-state index contributed by atoms with van der Waals surface area (Å²) in [7, 11) is -1.67. The zero-order valence-electron chi connectivity index (χ0n) is 11.2. The summed E-state index contributed by atoms with van der Waals surface area (Å²) in [6, 6.07) is 0. The third kappa shape index (κ3) is 3.14. The largest absolute Gasteiger partial charge is 0.478 e. The molecule has 1 rings (SSSR count). The first-order valence-corrected chi connectivity index (χ1v) is 6.97. The van der Waals surface area contributed by atoms with Crippen molar-refractivity contribution in [1.29, 1.82) is 0 Å². The smallest absolute Gasteiger partial charge is 0.340 e.